The topological polar surface area (TPSA) is 107 Å². The highest BCUT2D eigenvalue weighted by molar-refractivity contribution is 6.30. The van der Waals surface area contributed by atoms with E-state index in [0.29, 0.717) is 30.2 Å². The third-order valence-electron chi connectivity index (χ3n) is 3.96. The molecule has 5 N–H and O–H groups in total. The van der Waals surface area contributed by atoms with E-state index in [1.807, 2.05) is 13.8 Å². The molecule has 0 saturated carbocycles. The van der Waals surface area contributed by atoms with Gasteiger partial charge in [0.2, 0.25) is 5.91 Å². The number of rotatable bonds is 10. The van der Waals surface area contributed by atoms with Crippen molar-refractivity contribution in [1.82, 2.24) is 5.32 Å². The van der Waals surface area contributed by atoms with Gasteiger partial charge >= 0.3 is 5.97 Å². The first kappa shape index (κ1) is 22.4. The largest absolute Gasteiger partial charge is 0.425 e. The van der Waals surface area contributed by atoms with Crippen molar-refractivity contribution in [2.75, 3.05) is 6.54 Å². The molecule has 0 fully saturated rings. The van der Waals surface area contributed by atoms with E-state index in [9.17, 15) is 9.59 Å². The molecule has 1 amide bonds. The summed E-state index contributed by atoms with van der Waals surface area (Å²) in [5.74, 6) is -0.230. The van der Waals surface area contributed by atoms with Gasteiger partial charge in [-0.2, -0.15) is 0 Å². The van der Waals surface area contributed by atoms with Gasteiger partial charge in [-0.05, 0) is 62.4 Å². The summed E-state index contributed by atoms with van der Waals surface area (Å²) in [5, 5.41) is 3.30. The zero-order chi connectivity index (χ0) is 19.7. The highest BCUT2D eigenvalue weighted by atomic mass is 35.5. The third-order valence-corrected chi connectivity index (χ3v) is 4.20. The van der Waals surface area contributed by atoms with Gasteiger partial charge in [-0.3, -0.25) is 4.79 Å². The van der Waals surface area contributed by atoms with Gasteiger partial charge in [0.05, 0.1) is 6.04 Å². The first-order valence-corrected chi connectivity index (χ1v) is 9.36. The molecule has 0 aromatic heterocycles. The second-order valence-electron chi connectivity index (χ2n) is 6.91. The van der Waals surface area contributed by atoms with E-state index in [0.717, 1.165) is 18.4 Å². The van der Waals surface area contributed by atoms with E-state index in [1.165, 1.54) is 0 Å². The van der Waals surface area contributed by atoms with E-state index < -0.39 is 18.1 Å². The summed E-state index contributed by atoms with van der Waals surface area (Å²) in [4.78, 5) is 24.9. The normalized spacial score (nSPS) is 13.3. The molecule has 7 heteroatoms. The zero-order valence-electron chi connectivity index (χ0n) is 15.8. The number of carbonyl (C=O) groups is 2. The van der Waals surface area contributed by atoms with E-state index in [1.54, 1.807) is 25.1 Å². The predicted octanol–water partition coefficient (Wildman–Crippen LogP) is 2.54. The van der Waals surface area contributed by atoms with Gasteiger partial charge < -0.3 is 21.5 Å². The minimum atomic E-state index is -0.752. The SMILES string of the molecule is Cc1cc(Cl)ccc1OC(=O)[C@H](CC(C)C)NC(=O)[C@@H](N)CCCCN. The van der Waals surface area contributed by atoms with Gasteiger partial charge in [-0.25, -0.2) is 4.79 Å². The molecule has 0 radical (unpaired) electrons. The number of aryl methyl sites for hydroxylation is 1. The van der Waals surface area contributed by atoms with Crippen LogP contribution in [0.1, 0.15) is 45.1 Å². The van der Waals surface area contributed by atoms with Gasteiger partial charge in [-0.1, -0.05) is 31.9 Å². The second kappa shape index (κ2) is 11.2. The lowest BCUT2D eigenvalue weighted by Gasteiger charge is -2.21. The Bertz CT molecular complexity index is 608. The van der Waals surface area contributed by atoms with Crippen molar-refractivity contribution < 1.29 is 14.3 Å². The number of carbonyl (C=O) groups excluding carboxylic acids is 2. The molecule has 0 unspecified atom stereocenters. The number of nitrogens with two attached hydrogens (primary N) is 2. The van der Waals surface area contributed by atoms with Gasteiger partial charge in [0.25, 0.3) is 0 Å². The van der Waals surface area contributed by atoms with Crippen LogP contribution in [0.4, 0.5) is 0 Å². The molecule has 0 aliphatic rings. The van der Waals surface area contributed by atoms with Crippen molar-refractivity contribution in [1.29, 1.82) is 0 Å². The lowest BCUT2D eigenvalue weighted by Crippen LogP contribution is -2.50. The van der Waals surface area contributed by atoms with Crippen LogP contribution in [0.25, 0.3) is 0 Å². The smallest absolute Gasteiger partial charge is 0.334 e. The van der Waals surface area contributed by atoms with Crippen LogP contribution < -0.4 is 21.5 Å². The molecule has 0 aliphatic carbocycles. The summed E-state index contributed by atoms with van der Waals surface area (Å²) >= 11 is 5.92. The van der Waals surface area contributed by atoms with Crippen LogP contribution in [-0.4, -0.2) is 30.5 Å². The molecule has 0 heterocycles. The lowest BCUT2D eigenvalue weighted by molar-refractivity contribution is -0.140. The molecule has 0 bridgehead atoms. The van der Waals surface area contributed by atoms with Gasteiger partial charge in [0.15, 0.2) is 0 Å². The monoisotopic (exact) mass is 383 g/mol. The van der Waals surface area contributed by atoms with Crippen LogP contribution in [-0.2, 0) is 9.59 Å². The predicted molar refractivity (Wildman–Crippen MR) is 104 cm³/mol. The third kappa shape index (κ3) is 7.72. The molecule has 26 heavy (non-hydrogen) atoms. The number of hydrogen-bond donors (Lipinski definition) is 3. The Morgan fingerprint density at radius 1 is 1.27 bits per heavy atom. The molecule has 2 atom stereocenters. The Kier molecular flexibility index (Phi) is 9.62. The minimum absolute atomic E-state index is 0.202. The second-order valence-corrected chi connectivity index (χ2v) is 7.35. The van der Waals surface area contributed by atoms with Crippen LogP contribution in [0.5, 0.6) is 5.75 Å². The maximum atomic E-state index is 12.6. The highest BCUT2D eigenvalue weighted by Gasteiger charge is 2.26. The van der Waals surface area contributed by atoms with Gasteiger partial charge in [0.1, 0.15) is 11.8 Å². The van der Waals surface area contributed by atoms with Crippen LogP contribution in [0.15, 0.2) is 18.2 Å². The van der Waals surface area contributed by atoms with Crippen LogP contribution in [0.2, 0.25) is 5.02 Å². The number of nitrogens with one attached hydrogen (secondary N) is 1. The molecule has 1 aromatic rings. The van der Waals surface area contributed by atoms with Gasteiger partial charge in [-0.15, -0.1) is 0 Å². The molecule has 0 saturated heterocycles. The summed E-state index contributed by atoms with van der Waals surface area (Å²) in [5.41, 5.74) is 12.1. The molecular weight excluding hydrogens is 354 g/mol. The number of esters is 1. The molecule has 1 aromatic carbocycles. The summed E-state index contributed by atoms with van der Waals surface area (Å²) in [6, 6.07) is 3.59. The Morgan fingerprint density at radius 2 is 1.96 bits per heavy atom. The first-order valence-electron chi connectivity index (χ1n) is 8.98. The fourth-order valence-corrected chi connectivity index (χ4v) is 2.74. The number of amides is 1. The number of unbranched alkanes of at least 4 members (excludes halogenated alkanes) is 1. The van der Waals surface area contributed by atoms with Crippen LogP contribution in [0.3, 0.4) is 0 Å². The number of hydrogen-bond acceptors (Lipinski definition) is 5. The number of benzene rings is 1. The Labute approximate surface area is 160 Å². The van der Waals surface area contributed by atoms with E-state index in [2.05, 4.69) is 5.32 Å². The molecule has 146 valence electrons. The van der Waals surface area contributed by atoms with Crippen LogP contribution >= 0.6 is 11.6 Å². The molecule has 6 nitrogen and oxygen atoms in total. The van der Waals surface area contributed by atoms with Crippen molar-refractivity contribution in [3.63, 3.8) is 0 Å². The summed E-state index contributed by atoms with van der Waals surface area (Å²) in [6.07, 6.45) is 2.58. The summed E-state index contributed by atoms with van der Waals surface area (Å²) in [6.45, 7) is 6.32. The van der Waals surface area contributed by atoms with Crippen molar-refractivity contribution >= 4 is 23.5 Å². The average molecular weight is 384 g/mol. The molecule has 0 spiro atoms. The zero-order valence-corrected chi connectivity index (χ0v) is 16.5. The lowest BCUT2D eigenvalue weighted by atomic mass is 10.0. The molecule has 1 rings (SSSR count). The first-order chi connectivity index (χ1) is 12.2. The maximum Gasteiger partial charge on any atom is 0.334 e. The quantitative estimate of drug-likeness (QED) is 0.327. The van der Waals surface area contributed by atoms with Crippen molar-refractivity contribution in [2.45, 2.75) is 58.5 Å². The van der Waals surface area contributed by atoms with Crippen LogP contribution in [0, 0.1) is 12.8 Å². The summed E-state index contributed by atoms with van der Waals surface area (Å²) < 4.78 is 5.47. The van der Waals surface area contributed by atoms with E-state index in [4.69, 9.17) is 27.8 Å². The maximum absolute atomic E-state index is 12.6. The minimum Gasteiger partial charge on any atom is -0.425 e. The standard InChI is InChI=1S/C19H30ClN3O3/c1-12(2)10-16(23-18(24)15(22)6-4-5-9-21)19(25)26-17-8-7-14(20)11-13(17)3/h7-8,11-12,15-16H,4-6,9-10,21-22H2,1-3H3,(H,23,24)/t15-,16-/m0/s1. The van der Waals surface area contributed by atoms with Crippen molar-refractivity contribution in [2.24, 2.45) is 17.4 Å². The highest BCUT2D eigenvalue weighted by Crippen LogP contribution is 2.22. The fraction of sp³-hybridized carbons (Fsp3) is 0.579. The number of ether oxygens (including phenoxy) is 1. The number of halogens is 1. The fourth-order valence-electron chi connectivity index (χ4n) is 2.51. The Balaban J connectivity index is 2.75. The van der Waals surface area contributed by atoms with E-state index >= 15 is 0 Å². The molecular formula is C19H30ClN3O3. The average Bonchev–Trinajstić information content (AvgIpc) is 2.56. The summed E-state index contributed by atoms with van der Waals surface area (Å²) in [7, 11) is 0. The van der Waals surface area contributed by atoms with Crippen molar-refractivity contribution in [3.05, 3.63) is 28.8 Å². The Hall–Kier alpha value is -1.63. The van der Waals surface area contributed by atoms with E-state index in [-0.39, 0.29) is 11.8 Å². The van der Waals surface area contributed by atoms with Gasteiger partial charge in [0, 0.05) is 5.02 Å². The van der Waals surface area contributed by atoms with Crippen molar-refractivity contribution in [3.8, 4) is 5.75 Å². The Morgan fingerprint density at radius 3 is 2.54 bits per heavy atom. The molecule has 0 aliphatic heterocycles.